The minimum absolute atomic E-state index is 0. The Bertz CT molecular complexity index is 939. The fourth-order valence-electron chi connectivity index (χ4n) is 4.49. The molecular formula is C23H31Cl2N5O3. The van der Waals surface area contributed by atoms with Crippen molar-refractivity contribution < 1.29 is 14.6 Å². The van der Waals surface area contributed by atoms with Crippen molar-refractivity contribution >= 4 is 42.4 Å². The molecule has 0 saturated carbocycles. The molecule has 2 aliphatic rings. The fourth-order valence-corrected chi connectivity index (χ4v) is 4.49. The molecule has 1 aromatic carbocycles. The van der Waals surface area contributed by atoms with Crippen LogP contribution >= 0.6 is 24.8 Å². The smallest absolute Gasteiger partial charge is 0.410 e. The summed E-state index contributed by atoms with van der Waals surface area (Å²) in [7, 11) is 1.91. The van der Waals surface area contributed by atoms with Crippen molar-refractivity contribution in [2.75, 3.05) is 38.2 Å². The van der Waals surface area contributed by atoms with Crippen LogP contribution in [-0.2, 0) is 6.42 Å². The van der Waals surface area contributed by atoms with Gasteiger partial charge in [0.15, 0.2) is 0 Å². The summed E-state index contributed by atoms with van der Waals surface area (Å²) in [5, 5.41) is 19.4. The molecule has 3 N–H and O–H groups in total. The van der Waals surface area contributed by atoms with E-state index in [1.165, 1.54) is 5.69 Å². The zero-order valence-electron chi connectivity index (χ0n) is 18.6. The number of aromatic nitrogens is 1. The van der Waals surface area contributed by atoms with Crippen molar-refractivity contribution in [1.82, 2.24) is 15.2 Å². The molecule has 0 bridgehead atoms. The van der Waals surface area contributed by atoms with Gasteiger partial charge in [0.2, 0.25) is 0 Å². The Hall–Kier alpha value is -2.55. The minimum Gasteiger partial charge on any atom is -0.493 e. The number of nitrogens with one attached hydrogen (secondary N) is 2. The third-order valence-electron chi connectivity index (χ3n) is 6.23. The number of anilines is 1. The summed E-state index contributed by atoms with van der Waals surface area (Å²) in [5.41, 5.74) is 3.30. The van der Waals surface area contributed by atoms with Gasteiger partial charge >= 0.3 is 6.09 Å². The maximum Gasteiger partial charge on any atom is 0.410 e. The van der Waals surface area contributed by atoms with Crippen molar-refractivity contribution in [2.24, 2.45) is 5.92 Å². The number of ether oxygens (including phenoxy) is 1. The number of amidine groups is 1. The molecule has 0 aliphatic carbocycles. The van der Waals surface area contributed by atoms with E-state index < -0.39 is 12.1 Å². The first-order valence-corrected chi connectivity index (χ1v) is 10.7. The first-order valence-electron chi connectivity index (χ1n) is 10.7. The first-order chi connectivity index (χ1) is 15.0. The van der Waals surface area contributed by atoms with Crippen molar-refractivity contribution in [2.45, 2.75) is 25.3 Å². The Balaban J connectivity index is 0.00000193. The molecule has 1 aromatic heterocycles. The maximum atomic E-state index is 11.0. The van der Waals surface area contributed by atoms with Crippen LogP contribution in [0.15, 0.2) is 42.7 Å². The molecule has 3 heterocycles. The molecule has 2 aliphatic heterocycles. The van der Waals surface area contributed by atoms with E-state index in [9.17, 15) is 4.79 Å². The van der Waals surface area contributed by atoms with Gasteiger partial charge in [0.05, 0.1) is 12.6 Å². The average Bonchev–Trinajstić information content (AvgIpc) is 2.78. The molecule has 2 aromatic rings. The van der Waals surface area contributed by atoms with Crippen LogP contribution in [0.1, 0.15) is 30.0 Å². The Morgan fingerprint density at radius 3 is 2.55 bits per heavy atom. The standard InChI is InChI=1S/C23H29N5O3.2ClH/c1-27-11-8-17-2-3-19(14-20(17)21(27)22(24)26-23(29)30)31-15-16-6-12-28(13-7-16)18-4-9-25-10-5-18;;/h2-5,9-10,14,16,21H,6-8,11-13,15H2,1H3,(H2,24,26)(H,29,30);2*1H. The molecule has 8 nitrogen and oxygen atoms in total. The number of hydrogen-bond acceptors (Lipinski definition) is 6. The Labute approximate surface area is 206 Å². The number of halogens is 2. The van der Waals surface area contributed by atoms with Crippen LogP contribution in [-0.4, -0.2) is 60.2 Å². The number of fused-ring (bicyclic) bond motifs is 1. The van der Waals surface area contributed by atoms with E-state index in [0.29, 0.717) is 12.5 Å². The lowest BCUT2D eigenvalue weighted by molar-refractivity contribution is 0.198. The molecule has 1 unspecified atom stereocenters. The third-order valence-corrected chi connectivity index (χ3v) is 6.23. The summed E-state index contributed by atoms with van der Waals surface area (Å²) >= 11 is 0. The second-order valence-corrected chi connectivity index (χ2v) is 8.28. The monoisotopic (exact) mass is 495 g/mol. The largest absolute Gasteiger partial charge is 0.493 e. The number of pyridine rings is 1. The van der Waals surface area contributed by atoms with Gasteiger partial charge in [-0.25, -0.2) is 4.79 Å². The number of carbonyl (C=O) groups is 1. The van der Waals surface area contributed by atoms with Gasteiger partial charge in [0, 0.05) is 37.7 Å². The zero-order chi connectivity index (χ0) is 21.8. The van der Waals surface area contributed by atoms with E-state index in [2.05, 4.69) is 15.2 Å². The highest BCUT2D eigenvalue weighted by Gasteiger charge is 2.30. The van der Waals surface area contributed by atoms with Gasteiger partial charge in [-0.1, -0.05) is 6.07 Å². The van der Waals surface area contributed by atoms with Gasteiger partial charge in [0.1, 0.15) is 11.6 Å². The highest BCUT2D eigenvalue weighted by molar-refractivity contribution is 5.97. The molecule has 1 fully saturated rings. The Kier molecular flexibility index (Phi) is 9.76. The quantitative estimate of drug-likeness (QED) is 0.428. The van der Waals surface area contributed by atoms with Crippen LogP contribution in [0.4, 0.5) is 10.5 Å². The molecule has 0 spiro atoms. The maximum absolute atomic E-state index is 11.0. The van der Waals surface area contributed by atoms with Crippen LogP contribution in [0, 0.1) is 11.3 Å². The second kappa shape index (κ2) is 12.1. The highest BCUT2D eigenvalue weighted by Crippen LogP contribution is 2.32. The van der Waals surface area contributed by atoms with Gasteiger partial charge in [0.25, 0.3) is 0 Å². The van der Waals surface area contributed by atoms with Crippen molar-refractivity contribution in [1.29, 1.82) is 5.41 Å². The normalized spacial score (nSPS) is 18.3. The van der Waals surface area contributed by atoms with Crippen LogP contribution in [0.2, 0.25) is 0 Å². The van der Waals surface area contributed by atoms with E-state index in [1.54, 1.807) is 0 Å². The molecule has 33 heavy (non-hydrogen) atoms. The highest BCUT2D eigenvalue weighted by atomic mass is 35.5. The molecule has 4 rings (SSSR count). The first kappa shape index (κ1) is 26.7. The number of piperidine rings is 1. The van der Waals surface area contributed by atoms with Gasteiger partial charge in [-0.2, -0.15) is 0 Å². The summed E-state index contributed by atoms with van der Waals surface area (Å²) in [4.78, 5) is 19.5. The topological polar surface area (TPSA) is 102 Å². The molecule has 10 heteroatoms. The molecule has 1 atom stereocenters. The Morgan fingerprint density at radius 2 is 1.88 bits per heavy atom. The van der Waals surface area contributed by atoms with Gasteiger partial charge in [-0.3, -0.25) is 20.6 Å². The lowest BCUT2D eigenvalue weighted by atomic mass is 9.92. The van der Waals surface area contributed by atoms with Crippen molar-refractivity contribution in [3.05, 3.63) is 53.9 Å². The number of amides is 1. The van der Waals surface area contributed by atoms with Crippen LogP contribution < -0.4 is 15.0 Å². The summed E-state index contributed by atoms with van der Waals surface area (Å²) in [6.07, 6.45) is 5.47. The number of benzene rings is 1. The predicted octanol–water partition coefficient (Wildman–Crippen LogP) is 3.99. The number of rotatable bonds is 5. The second-order valence-electron chi connectivity index (χ2n) is 8.28. The van der Waals surface area contributed by atoms with E-state index >= 15 is 0 Å². The van der Waals surface area contributed by atoms with Crippen LogP contribution in [0.3, 0.4) is 0 Å². The number of nitrogens with zero attached hydrogens (tertiary/aromatic N) is 3. The van der Waals surface area contributed by atoms with Crippen molar-refractivity contribution in [3.8, 4) is 5.75 Å². The minimum atomic E-state index is -1.21. The Morgan fingerprint density at radius 1 is 1.18 bits per heavy atom. The zero-order valence-corrected chi connectivity index (χ0v) is 20.2. The number of carboxylic acid groups (broad SMARTS) is 1. The van der Waals surface area contributed by atoms with E-state index in [1.807, 2.05) is 54.7 Å². The van der Waals surface area contributed by atoms with Gasteiger partial charge in [-0.05, 0) is 67.6 Å². The number of hydrogen-bond donors (Lipinski definition) is 3. The summed E-state index contributed by atoms with van der Waals surface area (Å²) < 4.78 is 6.14. The number of likely N-dealkylation sites (N-methyl/N-ethyl adjacent to an activating group) is 1. The molecule has 1 saturated heterocycles. The van der Waals surface area contributed by atoms with Gasteiger partial charge < -0.3 is 14.7 Å². The lowest BCUT2D eigenvalue weighted by Gasteiger charge is -2.35. The molecular weight excluding hydrogens is 465 g/mol. The summed E-state index contributed by atoms with van der Waals surface area (Å²) in [6, 6.07) is 9.70. The fraction of sp³-hybridized carbons (Fsp3) is 0.435. The van der Waals surface area contributed by atoms with Crippen LogP contribution in [0.5, 0.6) is 5.75 Å². The van der Waals surface area contributed by atoms with Crippen LogP contribution in [0.25, 0.3) is 0 Å². The van der Waals surface area contributed by atoms with E-state index in [0.717, 1.165) is 55.8 Å². The third kappa shape index (κ3) is 6.50. The van der Waals surface area contributed by atoms with E-state index in [4.69, 9.17) is 15.3 Å². The lowest BCUT2D eigenvalue weighted by Crippen LogP contribution is -2.43. The average molecular weight is 496 g/mol. The van der Waals surface area contributed by atoms with Gasteiger partial charge in [-0.15, -0.1) is 24.8 Å². The van der Waals surface area contributed by atoms with E-state index in [-0.39, 0.29) is 30.6 Å². The summed E-state index contributed by atoms with van der Waals surface area (Å²) in [6.45, 7) is 3.45. The van der Waals surface area contributed by atoms with Crippen molar-refractivity contribution in [3.63, 3.8) is 0 Å². The SMILES string of the molecule is CN1CCc2ccc(OCC3CCN(c4ccncc4)CC3)cc2C1C(=N)NC(=O)O.Cl.Cl. The molecule has 1 amide bonds. The summed E-state index contributed by atoms with van der Waals surface area (Å²) in [5.74, 6) is 1.25. The molecule has 180 valence electrons. The molecule has 0 radical (unpaired) electrons. The predicted molar refractivity (Wildman–Crippen MR) is 134 cm³/mol.